The Labute approximate surface area is 91.5 Å². The van der Waals surface area contributed by atoms with Crippen molar-refractivity contribution in [3.63, 3.8) is 0 Å². The van der Waals surface area contributed by atoms with E-state index in [9.17, 15) is 9.18 Å². The molecule has 1 N–H and O–H groups in total. The molecule has 0 atom stereocenters. The van der Waals surface area contributed by atoms with Crippen molar-refractivity contribution in [2.45, 2.75) is 19.8 Å². The number of carbonyl (C=O) groups is 1. The second-order valence-corrected chi connectivity index (χ2v) is 4.14. The van der Waals surface area contributed by atoms with E-state index in [-0.39, 0.29) is 17.2 Å². The van der Waals surface area contributed by atoms with E-state index < -0.39 is 12.6 Å². The summed E-state index contributed by atoms with van der Waals surface area (Å²) in [6.45, 7) is 1.31. The number of ether oxygens (including phenoxy) is 1. The normalized spacial score (nSPS) is 10.3. The smallest absolute Gasteiger partial charge is 0.349 e. The van der Waals surface area contributed by atoms with E-state index in [1.54, 1.807) is 6.07 Å². The van der Waals surface area contributed by atoms with Gasteiger partial charge in [-0.25, -0.2) is 9.18 Å². The number of aromatic carboxylic acids is 1. The minimum atomic E-state index is -1.02. The average Bonchev–Trinajstić information content (AvgIpc) is 2.59. The van der Waals surface area contributed by atoms with Crippen LogP contribution in [0.5, 0.6) is 5.75 Å². The molecular weight excluding hydrogens is 219 g/mol. The van der Waals surface area contributed by atoms with Gasteiger partial charge in [-0.15, -0.1) is 11.3 Å². The van der Waals surface area contributed by atoms with Gasteiger partial charge in [-0.05, 0) is 12.5 Å². The highest BCUT2D eigenvalue weighted by Gasteiger charge is 2.16. The van der Waals surface area contributed by atoms with Gasteiger partial charge in [0.1, 0.15) is 19.0 Å². The Bertz CT molecular complexity index is 335. The first-order valence-corrected chi connectivity index (χ1v) is 5.55. The molecule has 1 aromatic rings. The van der Waals surface area contributed by atoms with Gasteiger partial charge in [0.05, 0.1) is 0 Å². The monoisotopic (exact) mass is 232 g/mol. The first-order chi connectivity index (χ1) is 7.19. The lowest BCUT2D eigenvalue weighted by molar-refractivity contribution is 0.0697. The molecule has 0 amide bonds. The Morgan fingerprint density at radius 2 is 2.40 bits per heavy atom. The molecule has 3 nitrogen and oxygen atoms in total. The van der Waals surface area contributed by atoms with Crippen LogP contribution in [0.1, 0.15) is 27.9 Å². The van der Waals surface area contributed by atoms with E-state index in [2.05, 4.69) is 0 Å². The maximum atomic E-state index is 11.9. The first-order valence-electron chi connectivity index (χ1n) is 4.73. The number of aryl methyl sites for hydroxylation is 1. The topological polar surface area (TPSA) is 46.5 Å². The number of alkyl halides is 1. The molecule has 0 aliphatic heterocycles. The zero-order valence-corrected chi connectivity index (χ0v) is 9.27. The summed E-state index contributed by atoms with van der Waals surface area (Å²) in [6.07, 6.45) is 1.77. The highest BCUT2D eigenvalue weighted by Crippen LogP contribution is 2.30. The SMILES string of the molecule is CCCc1cc(OCCF)c(C(=O)O)s1. The number of hydrogen-bond acceptors (Lipinski definition) is 3. The summed E-state index contributed by atoms with van der Waals surface area (Å²) in [5.74, 6) is -0.732. The molecule has 0 bridgehead atoms. The summed E-state index contributed by atoms with van der Waals surface area (Å²) >= 11 is 1.20. The van der Waals surface area contributed by atoms with Crippen molar-refractivity contribution in [3.05, 3.63) is 15.8 Å². The third-order valence-corrected chi connectivity index (χ3v) is 2.94. The minimum Gasteiger partial charge on any atom is -0.489 e. The fraction of sp³-hybridized carbons (Fsp3) is 0.500. The van der Waals surface area contributed by atoms with Crippen molar-refractivity contribution in [3.8, 4) is 5.75 Å². The molecule has 1 rings (SSSR count). The van der Waals surface area contributed by atoms with E-state index >= 15 is 0 Å². The van der Waals surface area contributed by atoms with Crippen LogP contribution in [0.3, 0.4) is 0 Å². The molecular formula is C10H13FO3S. The van der Waals surface area contributed by atoms with Gasteiger partial charge in [0, 0.05) is 4.88 Å². The van der Waals surface area contributed by atoms with Crippen molar-refractivity contribution < 1.29 is 19.0 Å². The van der Waals surface area contributed by atoms with Gasteiger partial charge in [-0.2, -0.15) is 0 Å². The molecule has 0 fully saturated rings. The number of carboxylic acid groups (broad SMARTS) is 1. The lowest BCUT2D eigenvalue weighted by Crippen LogP contribution is -2.02. The largest absolute Gasteiger partial charge is 0.489 e. The fourth-order valence-corrected chi connectivity index (χ4v) is 2.24. The van der Waals surface area contributed by atoms with Crippen LogP contribution in [0.4, 0.5) is 4.39 Å². The predicted molar refractivity (Wildman–Crippen MR) is 56.7 cm³/mol. The van der Waals surface area contributed by atoms with Crippen LogP contribution in [0.25, 0.3) is 0 Å². The molecule has 0 aromatic carbocycles. The summed E-state index contributed by atoms with van der Waals surface area (Å²) in [6, 6.07) is 1.69. The van der Waals surface area contributed by atoms with Crippen molar-refractivity contribution >= 4 is 17.3 Å². The van der Waals surface area contributed by atoms with Crippen molar-refractivity contribution in [1.29, 1.82) is 0 Å². The van der Waals surface area contributed by atoms with Gasteiger partial charge in [-0.3, -0.25) is 0 Å². The van der Waals surface area contributed by atoms with Gasteiger partial charge < -0.3 is 9.84 Å². The number of hydrogen-bond donors (Lipinski definition) is 1. The maximum Gasteiger partial charge on any atom is 0.349 e. The molecule has 0 spiro atoms. The molecule has 0 aliphatic rings. The second kappa shape index (κ2) is 5.70. The van der Waals surface area contributed by atoms with E-state index in [1.165, 1.54) is 11.3 Å². The molecule has 15 heavy (non-hydrogen) atoms. The molecule has 0 unspecified atom stereocenters. The fourth-order valence-electron chi connectivity index (χ4n) is 1.20. The van der Waals surface area contributed by atoms with Crippen LogP contribution in [0.2, 0.25) is 0 Å². The molecule has 0 aliphatic carbocycles. The zero-order valence-electron chi connectivity index (χ0n) is 8.46. The second-order valence-electron chi connectivity index (χ2n) is 3.00. The number of rotatable bonds is 6. The minimum absolute atomic E-state index is 0.0947. The van der Waals surface area contributed by atoms with Gasteiger partial charge in [0.25, 0.3) is 0 Å². The summed E-state index contributed by atoms with van der Waals surface area (Å²) in [5, 5.41) is 8.88. The molecule has 0 saturated carbocycles. The number of carboxylic acids is 1. The molecule has 1 aromatic heterocycles. The third kappa shape index (κ3) is 3.20. The Morgan fingerprint density at radius 1 is 1.67 bits per heavy atom. The first kappa shape index (κ1) is 12.0. The van der Waals surface area contributed by atoms with E-state index in [1.807, 2.05) is 6.92 Å². The van der Waals surface area contributed by atoms with E-state index in [0.717, 1.165) is 17.7 Å². The van der Waals surface area contributed by atoms with Crippen molar-refractivity contribution in [1.82, 2.24) is 0 Å². The Balaban J connectivity index is 2.85. The maximum absolute atomic E-state index is 11.9. The van der Waals surface area contributed by atoms with E-state index in [4.69, 9.17) is 9.84 Å². The lowest BCUT2D eigenvalue weighted by Gasteiger charge is -2.00. The van der Waals surface area contributed by atoms with Crippen molar-refractivity contribution in [2.75, 3.05) is 13.3 Å². The predicted octanol–water partition coefficient (Wildman–Crippen LogP) is 2.75. The molecule has 5 heteroatoms. The van der Waals surface area contributed by atoms with Crippen molar-refractivity contribution in [2.24, 2.45) is 0 Å². The van der Waals surface area contributed by atoms with Crippen LogP contribution < -0.4 is 4.74 Å². The van der Waals surface area contributed by atoms with Gasteiger partial charge in [-0.1, -0.05) is 13.3 Å². The highest BCUT2D eigenvalue weighted by atomic mass is 32.1. The summed E-state index contributed by atoms with van der Waals surface area (Å²) in [5.41, 5.74) is 0. The number of thiophene rings is 1. The summed E-state index contributed by atoms with van der Waals surface area (Å²) in [7, 11) is 0. The van der Waals surface area contributed by atoms with Crippen LogP contribution in [-0.4, -0.2) is 24.4 Å². The lowest BCUT2D eigenvalue weighted by atomic mass is 10.3. The van der Waals surface area contributed by atoms with Crippen LogP contribution in [-0.2, 0) is 6.42 Å². The van der Waals surface area contributed by atoms with Gasteiger partial charge in [0.15, 0.2) is 4.88 Å². The van der Waals surface area contributed by atoms with Crippen LogP contribution in [0.15, 0.2) is 6.07 Å². The standard InChI is InChI=1S/C10H13FO3S/c1-2-3-7-6-8(14-5-4-11)9(15-7)10(12)13/h6H,2-5H2,1H3,(H,12,13). The average molecular weight is 232 g/mol. The Hall–Kier alpha value is -1.10. The third-order valence-electron chi connectivity index (χ3n) is 1.77. The van der Waals surface area contributed by atoms with Gasteiger partial charge in [0.2, 0.25) is 0 Å². The van der Waals surface area contributed by atoms with E-state index in [0.29, 0.717) is 0 Å². The Morgan fingerprint density at radius 3 is 2.93 bits per heavy atom. The molecule has 0 saturated heterocycles. The molecule has 0 radical (unpaired) electrons. The number of halogens is 1. The zero-order chi connectivity index (χ0) is 11.3. The molecule has 84 valence electrons. The Kier molecular flexibility index (Phi) is 4.55. The van der Waals surface area contributed by atoms with Crippen LogP contribution >= 0.6 is 11.3 Å². The van der Waals surface area contributed by atoms with Crippen LogP contribution in [0, 0.1) is 0 Å². The quantitative estimate of drug-likeness (QED) is 0.820. The molecule has 1 heterocycles. The summed E-state index contributed by atoms with van der Waals surface area (Å²) < 4.78 is 16.9. The van der Waals surface area contributed by atoms with Gasteiger partial charge >= 0.3 is 5.97 Å². The summed E-state index contributed by atoms with van der Waals surface area (Å²) in [4.78, 5) is 12.0. The highest BCUT2D eigenvalue weighted by molar-refractivity contribution is 7.14.